The van der Waals surface area contributed by atoms with Gasteiger partial charge in [-0.3, -0.25) is 9.78 Å². The second-order valence-corrected chi connectivity index (χ2v) is 7.39. The molecule has 0 unspecified atom stereocenters. The summed E-state index contributed by atoms with van der Waals surface area (Å²) in [7, 11) is 1.52. The van der Waals surface area contributed by atoms with Gasteiger partial charge in [-0.05, 0) is 24.6 Å². The number of hydrogen-bond acceptors (Lipinski definition) is 7. The molecule has 10 heteroatoms. The molecule has 0 saturated carbocycles. The van der Waals surface area contributed by atoms with E-state index in [2.05, 4.69) is 35.6 Å². The molecule has 3 heterocycles. The monoisotopic (exact) mass is 465 g/mol. The molecule has 4 rings (SSSR count). The molecule has 0 fully saturated rings. The van der Waals surface area contributed by atoms with Gasteiger partial charge in [-0.25, -0.2) is 24.3 Å². The first-order valence-corrected chi connectivity index (χ1v) is 10.1. The highest BCUT2D eigenvalue weighted by atomic mass is 32.1. The van der Waals surface area contributed by atoms with Crippen LogP contribution in [0.2, 0.25) is 0 Å². The van der Waals surface area contributed by atoms with Crippen LogP contribution >= 0.6 is 13.5 Å². The summed E-state index contributed by atoms with van der Waals surface area (Å²) in [5.41, 5.74) is 3.07. The number of rotatable bonds is 6. The summed E-state index contributed by atoms with van der Waals surface area (Å²) in [4.78, 5) is 33.5. The number of carbonyl (C=O) groups excluding carboxylic acids is 1. The predicted octanol–water partition coefficient (Wildman–Crippen LogP) is 3.62. The Labute approximate surface area is 197 Å². The van der Waals surface area contributed by atoms with Crippen LogP contribution in [0.4, 0.5) is 10.2 Å². The van der Waals surface area contributed by atoms with Gasteiger partial charge in [0.05, 0.1) is 16.8 Å². The highest BCUT2D eigenvalue weighted by Gasteiger charge is 2.18. The number of benzene rings is 1. The fraction of sp³-hybridized carbons (Fsp3) is 0.217. The first-order chi connectivity index (χ1) is 15.5. The molecule has 0 aliphatic carbocycles. The third kappa shape index (κ3) is 5.06. The van der Waals surface area contributed by atoms with Crippen LogP contribution in [-0.4, -0.2) is 44.4 Å². The summed E-state index contributed by atoms with van der Waals surface area (Å²) >= 11 is 0. The topological polar surface area (TPSA) is 106 Å². The molecule has 8 nitrogen and oxygen atoms in total. The Morgan fingerprint density at radius 3 is 2.58 bits per heavy atom. The average molecular weight is 466 g/mol. The molecular formula is C23H24FN7OS. The van der Waals surface area contributed by atoms with Crippen LogP contribution in [0, 0.1) is 12.7 Å². The van der Waals surface area contributed by atoms with E-state index in [0.717, 1.165) is 11.1 Å². The standard InChI is InChI=1S/C23H22FN7O.H2S/c1-13(9-29-20-8-19(30-12-31-20)15-10-27-14(2)28-11-15)16-4-5-18(24)21-17(23(32)25-3)6-7-26-22(16)21;/h4-8,10-13H,9H2,1-3H3,(H,25,32)(H,29,30,31);1H2/t13-;/m1./s1. The van der Waals surface area contributed by atoms with Crippen molar-refractivity contribution in [3.63, 3.8) is 0 Å². The number of nitrogens with one attached hydrogen (secondary N) is 2. The number of pyridine rings is 1. The number of nitrogens with zero attached hydrogens (tertiary/aromatic N) is 5. The Bertz CT molecular complexity index is 1280. The lowest BCUT2D eigenvalue weighted by molar-refractivity contribution is 0.0964. The van der Waals surface area contributed by atoms with E-state index < -0.39 is 5.82 Å². The minimum absolute atomic E-state index is 0. The van der Waals surface area contributed by atoms with Crippen molar-refractivity contribution in [3.8, 4) is 11.3 Å². The van der Waals surface area contributed by atoms with E-state index in [9.17, 15) is 9.18 Å². The largest absolute Gasteiger partial charge is 0.369 e. The second kappa shape index (κ2) is 10.3. The fourth-order valence-corrected chi connectivity index (χ4v) is 3.47. The lowest BCUT2D eigenvalue weighted by Gasteiger charge is -2.17. The van der Waals surface area contributed by atoms with E-state index >= 15 is 0 Å². The van der Waals surface area contributed by atoms with Crippen molar-refractivity contribution in [1.82, 2.24) is 30.2 Å². The molecule has 0 aliphatic heterocycles. The number of anilines is 1. The number of carbonyl (C=O) groups is 1. The maximum atomic E-state index is 14.6. The zero-order valence-corrected chi connectivity index (χ0v) is 19.4. The third-order valence-corrected chi connectivity index (χ3v) is 5.21. The minimum atomic E-state index is -0.476. The van der Waals surface area contributed by atoms with Crippen LogP contribution < -0.4 is 10.6 Å². The predicted molar refractivity (Wildman–Crippen MR) is 130 cm³/mol. The van der Waals surface area contributed by atoms with Gasteiger partial charge in [0.2, 0.25) is 0 Å². The van der Waals surface area contributed by atoms with E-state index in [1.807, 2.05) is 19.9 Å². The zero-order valence-electron chi connectivity index (χ0n) is 18.4. The average Bonchev–Trinajstić information content (AvgIpc) is 2.82. The van der Waals surface area contributed by atoms with Crippen LogP contribution in [0.1, 0.15) is 34.6 Å². The van der Waals surface area contributed by atoms with E-state index in [0.29, 0.717) is 29.4 Å². The van der Waals surface area contributed by atoms with Gasteiger partial charge in [-0.1, -0.05) is 13.0 Å². The third-order valence-electron chi connectivity index (χ3n) is 5.21. The van der Waals surface area contributed by atoms with Crippen molar-refractivity contribution in [1.29, 1.82) is 0 Å². The Kier molecular flexibility index (Phi) is 7.49. The SMILES string of the molecule is CNC(=O)c1ccnc2c([C@H](C)CNc3cc(-c4cnc(C)nc4)ncn3)ccc(F)c12.S. The van der Waals surface area contributed by atoms with E-state index in [1.54, 1.807) is 18.5 Å². The minimum Gasteiger partial charge on any atom is -0.369 e. The molecule has 0 spiro atoms. The van der Waals surface area contributed by atoms with Crippen molar-refractivity contribution < 1.29 is 9.18 Å². The van der Waals surface area contributed by atoms with Gasteiger partial charge < -0.3 is 10.6 Å². The summed E-state index contributed by atoms with van der Waals surface area (Å²) in [6.07, 6.45) is 6.44. The second-order valence-electron chi connectivity index (χ2n) is 7.39. The lowest BCUT2D eigenvalue weighted by Crippen LogP contribution is -2.19. The smallest absolute Gasteiger partial charge is 0.251 e. The van der Waals surface area contributed by atoms with Gasteiger partial charge in [0.25, 0.3) is 5.91 Å². The Morgan fingerprint density at radius 2 is 1.85 bits per heavy atom. The summed E-state index contributed by atoms with van der Waals surface area (Å²) in [5.74, 6) is 0.471. The molecular weight excluding hydrogens is 441 g/mol. The Balaban J connectivity index is 0.00000306. The van der Waals surface area contributed by atoms with Gasteiger partial charge in [-0.2, -0.15) is 13.5 Å². The number of amides is 1. The molecule has 0 radical (unpaired) electrons. The number of hydrogen-bond donors (Lipinski definition) is 2. The van der Waals surface area contributed by atoms with Gasteiger partial charge >= 0.3 is 0 Å². The molecule has 170 valence electrons. The van der Waals surface area contributed by atoms with Gasteiger partial charge in [-0.15, -0.1) is 0 Å². The summed E-state index contributed by atoms with van der Waals surface area (Å²) in [6.45, 7) is 4.35. The summed E-state index contributed by atoms with van der Waals surface area (Å²) in [6, 6.07) is 6.43. The number of fused-ring (bicyclic) bond motifs is 1. The van der Waals surface area contributed by atoms with Crippen molar-refractivity contribution >= 4 is 36.1 Å². The molecule has 33 heavy (non-hydrogen) atoms. The molecule has 4 aromatic rings. The number of aryl methyl sites for hydroxylation is 1. The highest BCUT2D eigenvalue weighted by Crippen LogP contribution is 2.29. The number of aromatic nitrogens is 5. The van der Waals surface area contributed by atoms with E-state index in [-0.39, 0.29) is 36.3 Å². The van der Waals surface area contributed by atoms with Crippen molar-refractivity contribution in [2.24, 2.45) is 0 Å². The first-order valence-electron chi connectivity index (χ1n) is 10.1. The quantitative estimate of drug-likeness (QED) is 0.448. The molecule has 0 bridgehead atoms. The molecule has 0 aliphatic rings. The molecule has 2 N–H and O–H groups in total. The first kappa shape index (κ1) is 24.0. The zero-order chi connectivity index (χ0) is 22.7. The lowest BCUT2D eigenvalue weighted by atomic mass is 9.95. The van der Waals surface area contributed by atoms with Crippen LogP contribution in [-0.2, 0) is 0 Å². The molecule has 1 amide bonds. The summed E-state index contributed by atoms with van der Waals surface area (Å²) in [5, 5.41) is 6.07. The van der Waals surface area contributed by atoms with Crippen molar-refractivity contribution in [3.05, 3.63) is 72.0 Å². The number of halogens is 1. The molecule has 3 aromatic heterocycles. The summed E-state index contributed by atoms with van der Waals surface area (Å²) < 4.78 is 14.6. The molecule has 1 atom stereocenters. The Morgan fingerprint density at radius 1 is 1.09 bits per heavy atom. The maximum Gasteiger partial charge on any atom is 0.251 e. The van der Waals surface area contributed by atoms with Crippen LogP contribution in [0.15, 0.2) is 49.2 Å². The van der Waals surface area contributed by atoms with Crippen molar-refractivity contribution in [2.75, 3.05) is 18.9 Å². The highest BCUT2D eigenvalue weighted by molar-refractivity contribution is 7.59. The fourth-order valence-electron chi connectivity index (χ4n) is 3.47. The molecule has 0 saturated heterocycles. The van der Waals surface area contributed by atoms with Gasteiger partial charge in [0.1, 0.15) is 23.8 Å². The van der Waals surface area contributed by atoms with Gasteiger partial charge in [0, 0.05) is 55.1 Å². The molecule has 1 aromatic carbocycles. The van der Waals surface area contributed by atoms with Crippen LogP contribution in [0.5, 0.6) is 0 Å². The Hall–Kier alpha value is -3.66. The maximum absolute atomic E-state index is 14.6. The normalized spacial score (nSPS) is 11.5. The van der Waals surface area contributed by atoms with E-state index in [1.165, 1.54) is 31.7 Å². The van der Waals surface area contributed by atoms with Gasteiger partial charge in [0.15, 0.2) is 0 Å². The van der Waals surface area contributed by atoms with Crippen molar-refractivity contribution in [2.45, 2.75) is 19.8 Å². The van der Waals surface area contributed by atoms with Crippen LogP contribution in [0.25, 0.3) is 22.2 Å². The van der Waals surface area contributed by atoms with E-state index in [4.69, 9.17) is 0 Å². The van der Waals surface area contributed by atoms with Crippen LogP contribution in [0.3, 0.4) is 0 Å².